The summed E-state index contributed by atoms with van der Waals surface area (Å²) in [4.78, 5) is 23.7. The predicted molar refractivity (Wildman–Crippen MR) is 148 cm³/mol. The molecule has 0 aliphatic carbocycles. The molecule has 0 fully saturated rings. The highest BCUT2D eigenvalue weighted by Crippen LogP contribution is 2.14. The number of carbonyl (C=O) groups is 2. The van der Waals surface area contributed by atoms with E-state index < -0.39 is 0 Å². The molecule has 0 spiro atoms. The highest BCUT2D eigenvalue weighted by molar-refractivity contribution is 9.10. The van der Waals surface area contributed by atoms with Crippen LogP contribution in [0.15, 0.2) is 89.5 Å². The lowest BCUT2D eigenvalue weighted by Crippen LogP contribution is -2.15. The number of allylic oxidation sites excluding steroid dienone is 8. The predicted octanol–water partition coefficient (Wildman–Crippen LogP) is 8.46. The summed E-state index contributed by atoms with van der Waals surface area (Å²) in [5, 5.41) is 0. The molecule has 0 saturated heterocycles. The van der Waals surface area contributed by atoms with Crippen molar-refractivity contribution in [1.82, 2.24) is 0 Å². The maximum absolute atomic E-state index is 12.6. The summed E-state index contributed by atoms with van der Waals surface area (Å²) in [5.41, 5.74) is 0.527. The molecule has 0 saturated carbocycles. The maximum atomic E-state index is 12.6. The summed E-state index contributed by atoms with van der Waals surface area (Å²) in [6.45, 7) is 2.13. The number of unbranched alkanes of at least 4 members (excludes halogenated alkanes) is 3. The number of esters is 2. The van der Waals surface area contributed by atoms with Crippen molar-refractivity contribution < 1.29 is 19.1 Å². The van der Waals surface area contributed by atoms with Crippen LogP contribution in [0.5, 0.6) is 0 Å². The Hall–Kier alpha value is -2.66. The molecular weight excluding hydrogens is 504 g/mol. The van der Waals surface area contributed by atoms with E-state index in [0.29, 0.717) is 18.4 Å². The van der Waals surface area contributed by atoms with Crippen molar-refractivity contribution in [3.05, 3.63) is 95.1 Å². The molecule has 0 N–H and O–H groups in total. The first kappa shape index (κ1) is 30.4. The van der Waals surface area contributed by atoms with Crippen LogP contribution < -0.4 is 0 Å². The fourth-order valence-electron chi connectivity index (χ4n) is 3.07. The Bertz CT molecular complexity index is 863. The van der Waals surface area contributed by atoms with Gasteiger partial charge in [-0.2, -0.15) is 0 Å². The van der Waals surface area contributed by atoms with Crippen molar-refractivity contribution in [3.8, 4) is 0 Å². The molecule has 1 rings (SSSR count). The van der Waals surface area contributed by atoms with Gasteiger partial charge in [0, 0.05) is 17.3 Å². The molecule has 1 atom stereocenters. The molecule has 190 valence electrons. The van der Waals surface area contributed by atoms with Gasteiger partial charge in [0.2, 0.25) is 0 Å². The second-order valence-corrected chi connectivity index (χ2v) is 8.88. The van der Waals surface area contributed by atoms with Gasteiger partial charge in [0.15, 0.2) is 0 Å². The highest BCUT2D eigenvalue weighted by atomic mass is 79.9. The van der Waals surface area contributed by atoms with E-state index in [-0.39, 0.29) is 18.0 Å². The van der Waals surface area contributed by atoms with Crippen LogP contribution >= 0.6 is 15.9 Å². The number of carbonyl (C=O) groups excluding carboxylic acids is 2. The van der Waals surface area contributed by atoms with Gasteiger partial charge in [-0.15, -0.1) is 0 Å². The van der Waals surface area contributed by atoms with Gasteiger partial charge in [-0.05, 0) is 68.9 Å². The molecule has 0 aliphatic heterocycles. The summed E-state index contributed by atoms with van der Waals surface area (Å²) in [6.07, 6.45) is 28.1. The van der Waals surface area contributed by atoms with Crippen LogP contribution in [0.3, 0.4) is 0 Å². The molecule has 0 aromatic heterocycles. The van der Waals surface area contributed by atoms with Crippen LogP contribution in [0.2, 0.25) is 0 Å². The molecule has 0 unspecified atom stereocenters. The molecule has 35 heavy (non-hydrogen) atoms. The van der Waals surface area contributed by atoms with Crippen LogP contribution in [-0.4, -0.2) is 25.2 Å². The van der Waals surface area contributed by atoms with E-state index in [9.17, 15) is 9.59 Å². The van der Waals surface area contributed by atoms with E-state index in [0.717, 1.165) is 49.4 Å². The molecule has 1 aromatic carbocycles. The number of hydrogen-bond acceptors (Lipinski definition) is 4. The van der Waals surface area contributed by atoms with Gasteiger partial charge < -0.3 is 9.47 Å². The molecule has 0 heterocycles. The van der Waals surface area contributed by atoms with Gasteiger partial charge in [-0.3, -0.25) is 4.79 Å². The average molecular weight is 544 g/mol. The van der Waals surface area contributed by atoms with E-state index in [2.05, 4.69) is 70.1 Å². The Morgan fingerprint density at radius 2 is 1.60 bits per heavy atom. The molecule has 1 aromatic rings. The molecule has 4 nitrogen and oxygen atoms in total. The molecule has 0 amide bonds. The van der Waals surface area contributed by atoms with Gasteiger partial charge in [-0.1, -0.05) is 84.0 Å². The minimum absolute atomic E-state index is 0.156. The van der Waals surface area contributed by atoms with Gasteiger partial charge in [-0.25, -0.2) is 4.79 Å². The van der Waals surface area contributed by atoms with E-state index in [1.165, 1.54) is 7.11 Å². The minimum atomic E-state index is -0.346. The third-order valence-electron chi connectivity index (χ3n) is 5.04. The average Bonchev–Trinajstić information content (AvgIpc) is 2.86. The number of benzene rings is 1. The number of halogens is 1. The van der Waals surface area contributed by atoms with Crippen molar-refractivity contribution in [1.29, 1.82) is 0 Å². The Balaban J connectivity index is 2.54. The third-order valence-corrected chi connectivity index (χ3v) is 5.57. The third kappa shape index (κ3) is 16.6. The molecular formula is C30H39BrO4. The zero-order valence-corrected chi connectivity index (χ0v) is 22.6. The standard InChI is InChI=1S/C30H39BrO4/c1-3-4-5-6-7-8-9-10-13-16-19-28(35-30(33)26-22-24-27(31)25-23-26)20-17-14-11-12-15-18-21-29(32)34-2/h4-5,7-8,10,13-14,16-17,19,22-25,28H,3,6,9,11-12,15,18,20-21H2,1-2H3/b5-4-,8-7-,13-10-,17-14-,19-16+/t28-/m0/s1. The van der Waals surface area contributed by atoms with E-state index >= 15 is 0 Å². The highest BCUT2D eigenvalue weighted by Gasteiger charge is 2.12. The number of ether oxygens (including phenoxy) is 2. The quantitative estimate of drug-likeness (QED) is 0.0856. The minimum Gasteiger partial charge on any atom is -0.469 e. The SMILES string of the molecule is CC/C=C\C/C=C\C/C=C\C=C\[C@@H](C/C=C\CCCCCC(=O)OC)OC(=O)c1ccc(Br)cc1. The first-order valence-corrected chi connectivity index (χ1v) is 13.2. The fraction of sp³-hybridized carbons (Fsp3) is 0.400. The molecule has 0 aliphatic rings. The summed E-state index contributed by atoms with van der Waals surface area (Å²) >= 11 is 3.39. The Morgan fingerprint density at radius 3 is 2.31 bits per heavy atom. The Labute approximate surface area is 219 Å². The van der Waals surface area contributed by atoms with E-state index in [1.54, 1.807) is 12.1 Å². The van der Waals surface area contributed by atoms with Crippen LogP contribution in [0.25, 0.3) is 0 Å². The normalized spacial score (nSPS) is 13.0. The molecule has 0 radical (unpaired) electrons. The smallest absolute Gasteiger partial charge is 0.338 e. The van der Waals surface area contributed by atoms with Crippen molar-refractivity contribution >= 4 is 27.9 Å². The second kappa shape index (κ2) is 20.7. The van der Waals surface area contributed by atoms with Crippen molar-refractivity contribution in [2.24, 2.45) is 0 Å². The fourth-order valence-corrected chi connectivity index (χ4v) is 3.34. The van der Waals surface area contributed by atoms with E-state index in [4.69, 9.17) is 4.74 Å². The number of rotatable bonds is 17. The molecule has 5 heteroatoms. The van der Waals surface area contributed by atoms with Crippen molar-refractivity contribution in [2.75, 3.05) is 7.11 Å². The Kier molecular flexibility index (Phi) is 18.0. The largest absolute Gasteiger partial charge is 0.469 e. The van der Waals surface area contributed by atoms with Gasteiger partial charge in [0.05, 0.1) is 12.7 Å². The lowest BCUT2D eigenvalue weighted by atomic mass is 10.1. The van der Waals surface area contributed by atoms with E-state index in [1.807, 2.05) is 30.4 Å². The zero-order valence-electron chi connectivity index (χ0n) is 21.0. The monoisotopic (exact) mass is 542 g/mol. The number of hydrogen-bond donors (Lipinski definition) is 0. The van der Waals surface area contributed by atoms with Crippen LogP contribution in [0, 0.1) is 0 Å². The first-order chi connectivity index (χ1) is 17.1. The van der Waals surface area contributed by atoms with Gasteiger partial charge in [0.1, 0.15) is 6.10 Å². The zero-order chi connectivity index (χ0) is 25.6. The summed E-state index contributed by atoms with van der Waals surface area (Å²) < 4.78 is 11.3. The van der Waals surface area contributed by atoms with Crippen LogP contribution in [0.1, 0.15) is 75.1 Å². The van der Waals surface area contributed by atoms with Crippen LogP contribution in [0.4, 0.5) is 0 Å². The van der Waals surface area contributed by atoms with Crippen molar-refractivity contribution in [3.63, 3.8) is 0 Å². The summed E-state index contributed by atoms with van der Waals surface area (Å²) in [6, 6.07) is 7.16. The van der Waals surface area contributed by atoms with Gasteiger partial charge >= 0.3 is 11.9 Å². The summed E-state index contributed by atoms with van der Waals surface area (Å²) in [7, 11) is 1.42. The maximum Gasteiger partial charge on any atom is 0.338 e. The topological polar surface area (TPSA) is 52.6 Å². The molecule has 0 bridgehead atoms. The summed E-state index contributed by atoms with van der Waals surface area (Å²) in [5.74, 6) is -0.493. The first-order valence-electron chi connectivity index (χ1n) is 12.4. The van der Waals surface area contributed by atoms with Crippen LogP contribution in [-0.2, 0) is 14.3 Å². The number of methoxy groups -OCH3 is 1. The second-order valence-electron chi connectivity index (χ2n) is 7.97. The van der Waals surface area contributed by atoms with Crippen molar-refractivity contribution in [2.45, 2.75) is 70.8 Å². The van der Waals surface area contributed by atoms with Gasteiger partial charge in [0.25, 0.3) is 0 Å². The lowest BCUT2D eigenvalue weighted by molar-refractivity contribution is -0.140. The Morgan fingerprint density at radius 1 is 0.886 bits per heavy atom. The lowest BCUT2D eigenvalue weighted by Gasteiger charge is -2.12.